The lowest BCUT2D eigenvalue weighted by molar-refractivity contribution is 0.157. The summed E-state index contributed by atoms with van der Waals surface area (Å²) in [6, 6.07) is 11.0. The maximum atomic E-state index is 6.06. The molecule has 0 saturated heterocycles. The molecule has 0 aliphatic carbocycles. The molecule has 0 radical (unpaired) electrons. The third kappa shape index (κ3) is 2.22. The molecule has 0 spiro atoms. The highest BCUT2D eigenvalue weighted by atomic mass is 15.4. The van der Waals surface area contributed by atoms with Crippen LogP contribution < -0.4 is 5.73 Å². The maximum Gasteiger partial charge on any atom is 0.192 e. The zero-order valence-electron chi connectivity index (χ0n) is 11.6. The van der Waals surface area contributed by atoms with E-state index in [1.54, 1.807) is 0 Å². The largest absolute Gasteiger partial charge is 0.370 e. The molecule has 0 saturated carbocycles. The summed E-state index contributed by atoms with van der Waals surface area (Å²) in [4.78, 5) is 6.77. The number of nitrogens with two attached hydrogens (primary N) is 1. The van der Waals surface area contributed by atoms with Gasteiger partial charge in [0.05, 0.1) is 12.1 Å². The van der Waals surface area contributed by atoms with Gasteiger partial charge in [-0.2, -0.15) is 0 Å². The molecule has 1 aliphatic heterocycles. The lowest BCUT2D eigenvalue weighted by Gasteiger charge is -2.41. The summed E-state index contributed by atoms with van der Waals surface area (Å²) in [5, 5.41) is 0. The van der Waals surface area contributed by atoms with Crippen molar-refractivity contribution in [1.82, 2.24) is 4.90 Å². The Bertz CT molecular complexity index is 425. The molecule has 1 aromatic rings. The lowest BCUT2D eigenvalue weighted by Crippen LogP contribution is -2.55. The Morgan fingerprint density at radius 3 is 2.56 bits per heavy atom. The van der Waals surface area contributed by atoms with Crippen LogP contribution in [0.15, 0.2) is 35.3 Å². The molecule has 3 nitrogen and oxygen atoms in total. The Morgan fingerprint density at radius 2 is 2.00 bits per heavy atom. The Labute approximate surface area is 110 Å². The Kier molecular flexibility index (Phi) is 3.60. The summed E-state index contributed by atoms with van der Waals surface area (Å²) < 4.78 is 0. The van der Waals surface area contributed by atoms with Gasteiger partial charge in [-0.3, -0.25) is 4.99 Å². The second-order valence-electron chi connectivity index (χ2n) is 5.38. The van der Waals surface area contributed by atoms with Crippen molar-refractivity contribution in [3.63, 3.8) is 0 Å². The van der Waals surface area contributed by atoms with Crippen LogP contribution in [0.1, 0.15) is 32.8 Å². The van der Waals surface area contributed by atoms with Crippen LogP contribution in [0.3, 0.4) is 0 Å². The summed E-state index contributed by atoms with van der Waals surface area (Å²) in [6.07, 6.45) is 2.07. The van der Waals surface area contributed by atoms with Crippen LogP contribution in [-0.4, -0.2) is 29.0 Å². The van der Waals surface area contributed by atoms with Crippen molar-refractivity contribution in [2.45, 2.75) is 45.2 Å². The van der Waals surface area contributed by atoms with Gasteiger partial charge < -0.3 is 10.6 Å². The van der Waals surface area contributed by atoms with Crippen molar-refractivity contribution in [1.29, 1.82) is 0 Å². The second kappa shape index (κ2) is 5.01. The molecule has 1 heterocycles. The minimum absolute atomic E-state index is 0.0552. The summed E-state index contributed by atoms with van der Waals surface area (Å²) >= 11 is 0. The molecule has 98 valence electrons. The second-order valence-corrected chi connectivity index (χ2v) is 5.38. The molecule has 0 fully saturated rings. The van der Waals surface area contributed by atoms with Gasteiger partial charge in [0.25, 0.3) is 0 Å². The summed E-state index contributed by atoms with van der Waals surface area (Å²) in [6.45, 7) is 7.40. The minimum Gasteiger partial charge on any atom is -0.370 e. The Balaban J connectivity index is 2.26. The van der Waals surface area contributed by atoms with E-state index in [9.17, 15) is 0 Å². The monoisotopic (exact) mass is 245 g/mol. The zero-order chi connectivity index (χ0) is 13.2. The predicted molar refractivity (Wildman–Crippen MR) is 76.6 cm³/mol. The third-order valence-corrected chi connectivity index (χ3v) is 3.84. The van der Waals surface area contributed by atoms with Crippen molar-refractivity contribution in [2.75, 3.05) is 6.54 Å². The number of hydrogen-bond acceptors (Lipinski definition) is 3. The Morgan fingerprint density at radius 1 is 1.33 bits per heavy atom. The van der Waals surface area contributed by atoms with Gasteiger partial charge in [-0.25, -0.2) is 0 Å². The van der Waals surface area contributed by atoms with E-state index in [2.05, 4.69) is 61.0 Å². The highest BCUT2D eigenvalue weighted by Crippen LogP contribution is 2.31. The van der Waals surface area contributed by atoms with E-state index >= 15 is 0 Å². The van der Waals surface area contributed by atoms with E-state index in [0.29, 0.717) is 12.0 Å². The molecular weight excluding hydrogens is 222 g/mol. The molecule has 1 aromatic carbocycles. The quantitative estimate of drug-likeness (QED) is 0.885. The van der Waals surface area contributed by atoms with Crippen molar-refractivity contribution in [3.8, 4) is 0 Å². The first-order chi connectivity index (χ1) is 8.59. The van der Waals surface area contributed by atoms with Gasteiger partial charge in [0, 0.05) is 6.04 Å². The highest BCUT2D eigenvalue weighted by molar-refractivity contribution is 5.81. The molecule has 1 aliphatic rings. The van der Waals surface area contributed by atoms with Gasteiger partial charge in [-0.05, 0) is 32.3 Å². The van der Waals surface area contributed by atoms with Gasteiger partial charge in [-0.15, -0.1) is 0 Å². The molecule has 2 N–H and O–H groups in total. The maximum absolute atomic E-state index is 6.06. The molecule has 18 heavy (non-hydrogen) atoms. The topological polar surface area (TPSA) is 41.6 Å². The minimum atomic E-state index is 0.0552. The van der Waals surface area contributed by atoms with Gasteiger partial charge >= 0.3 is 0 Å². The first-order valence-electron chi connectivity index (χ1n) is 6.72. The summed E-state index contributed by atoms with van der Waals surface area (Å²) in [7, 11) is 0. The standard InChI is InChI=1S/C15H23N3/c1-4-15(10-13-8-6-5-7-9-13)11-17-14(16)18(15)12(2)3/h5-9,12H,4,10-11H2,1-3H3,(H2,16,17). The first kappa shape index (κ1) is 12.9. The number of nitrogens with zero attached hydrogens (tertiary/aromatic N) is 2. The smallest absolute Gasteiger partial charge is 0.192 e. The SMILES string of the molecule is CCC1(Cc2ccccc2)CN=C(N)N1C(C)C. The van der Waals surface area contributed by atoms with Gasteiger partial charge in [-0.1, -0.05) is 37.3 Å². The van der Waals surface area contributed by atoms with E-state index < -0.39 is 0 Å². The fourth-order valence-corrected chi connectivity index (χ4v) is 2.96. The molecular formula is C15H23N3. The van der Waals surface area contributed by atoms with Crippen molar-refractivity contribution >= 4 is 5.96 Å². The number of rotatable bonds is 4. The van der Waals surface area contributed by atoms with Gasteiger partial charge in [0.15, 0.2) is 5.96 Å². The summed E-state index contributed by atoms with van der Waals surface area (Å²) in [5.41, 5.74) is 7.47. The molecule has 0 amide bonds. The number of benzene rings is 1. The van der Waals surface area contributed by atoms with E-state index in [4.69, 9.17) is 5.73 Å². The molecule has 3 heteroatoms. The van der Waals surface area contributed by atoms with E-state index in [1.807, 2.05) is 0 Å². The normalized spacial score (nSPS) is 23.6. The van der Waals surface area contributed by atoms with Crippen LogP contribution >= 0.6 is 0 Å². The summed E-state index contributed by atoms with van der Waals surface area (Å²) in [5.74, 6) is 0.697. The van der Waals surface area contributed by atoms with Crippen LogP contribution in [0.4, 0.5) is 0 Å². The average molecular weight is 245 g/mol. The third-order valence-electron chi connectivity index (χ3n) is 3.84. The molecule has 2 rings (SSSR count). The number of guanidine groups is 1. The van der Waals surface area contributed by atoms with Gasteiger partial charge in [0.2, 0.25) is 0 Å². The van der Waals surface area contributed by atoms with Crippen molar-refractivity contribution in [3.05, 3.63) is 35.9 Å². The fraction of sp³-hybridized carbons (Fsp3) is 0.533. The van der Waals surface area contributed by atoms with Crippen LogP contribution in [0, 0.1) is 0 Å². The van der Waals surface area contributed by atoms with Crippen LogP contribution in [0.5, 0.6) is 0 Å². The number of hydrogen-bond donors (Lipinski definition) is 1. The van der Waals surface area contributed by atoms with Crippen LogP contribution in [0.2, 0.25) is 0 Å². The molecule has 0 bridgehead atoms. The van der Waals surface area contributed by atoms with Crippen LogP contribution in [-0.2, 0) is 6.42 Å². The van der Waals surface area contributed by atoms with E-state index in [0.717, 1.165) is 19.4 Å². The Hall–Kier alpha value is -1.51. The average Bonchev–Trinajstić information content (AvgIpc) is 2.68. The van der Waals surface area contributed by atoms with Crippen molar-refractivity contribution in [2.24, 2.45) is 10.7 Å². The molecule has 0 aromatic heterocycles. The van der Waals surface area contributed by atoms with E-state index in [1.165, 1.54) is 5.56 Å². The first-order valence-corrected chi connectivity index (χ1v) is 6.72. The lowest BCUT2D eigenvalue weighted by atomic mass is 9.86. The number of aliphatic imine (C=N–C) groups is 1. The predicted octanol–water partition coefficient (Wildman–Crippen LogP) is 2.42. The molecule has 1 unspecified atom stereocenters. The fourth-order valence-electron chi connectivity index (χ4n) is 2.96. The van der Waals surface area contributed by atoms with Crippen molar-refractivity contribution < 1.29 is 0 Å². The van der Waals surface area contributed by atoms with Crippen LogP contribution in [0.25, 0.3) is 0 Å². The van der Waals surface area contributed by atoms with Gasteiger partial charge in [0.1, 0.15) is 0 Å². The highest BCUT2D eigenvalue weighted by Gasteiger charge is 2.41. The molecule has 1 atom stereocenters. The van der Waals surface area contributed by atoms with E-state index in [-0.39, 0.29) is 5.54 Å². The zero-order valence-corrected chi connectivity index (χ0v) is 11.6.